The van der Waals surface area contributed by atoms with Crippen LogP contribution in [0.5, 0.6) is 0 Å². The van der Waals surface area contributed by atoms with Gasteiger partial charge in [0.15, 0.2) is 0 Å². The van der Waals surface area contributed by atoms with E-state index in [-0.39, 0.29) is 0 Å². The van der Waals surface area contributed by atoms with Gasteiger partial charge in [-0.1, -0.05) is 32.0 Å². The number of hydrogen-bond donors (Lipinski definition) is 2. The lowest BCUT2D eigenvalue weighted by atomic mass is 10.4. The normalized spacial score (nSPS) is 6.64. The lowest BCUT2D eigenvalue weighted by Gasteiger charge is -1.81. The molecule has 0 saturated carbocycles. The van der Waals surface area contributed by atoms with E-state index in [1.54, 1.807) is 0 Å². The first-order valence-corrected chi connectivity index (χ1v) is 4.16. The van der Waals surface area contributed by atoms with Gasteiger partial charge in [-0.2, -0.15) is 0 Å². The summed E-state index contributed by atoms with van der Waals surface area (Å²) in [7, 11) is 1.50. The fourth-order valence-corrected chi connectivity index (χ4v) is 0.600. The van der Waals surface area contributed by atoms with Crippen molar-refractivity contribution < 1.29 is 0 Å². The first kappa shape index (κ1) is 13.1. The average Bonchev–Trinajstić information content (AvgIpc) is 2.13. The molecule has 0 spiro atoms. The first-order valence-electron chi connectivity index (χ1n) is 3.71. The highest BCUT2D eigenvalue weighted by Gasteiger charge is 1.73. The highest BCUT2D eigenvalue weighted by Crippen LogP contribution is 2.00. The molecule has 0 aliphatic heterocycles. The van der Waals surface area contributed by atoms with E-state index < -0.39 is 0 Å². The summed E-state index contributed by atoms with van der Waals surface area (Å²) in [6.45, 7) is 4.00. The molecule has 11 heavy (non-hydrogen) atoms. The van der Waals surface area contributed by atoms with Crippen LogP contribution in [0, 0.1) is 0 Å². The molecule has 0 aliphatic rings. The SMILES string of the molecule is CC.CN.Sc1ccccc1. The van der Waals surface area contributed by atoms with Gasteiger partial charge in [0.25, 0.3) is 0 Å². The van der Waals surface area contributed by atoms with Gasteiger partial charge in [-0.05, 0) is 19.2 Å². The minimum absolute atomic E-state index is 1.02. The van der Waals surface area contributed by atoms with Gasteiger partial charge in [-0.25, -0.2) is 0 Å². The maximum Gasteiger partial charge on any atom is 0.00399 e. The molecule has 0 radical (unpaired) electrons. The molecule has 0 amide bonds. The van der Waals surface area contributed by atoms with Crippen LogP contribution in [0.1, 0.15) is 13.8 Å². The van der Waals surface area contributed by atoms with Crippen molar-refractivity contribution in [3.8, 4) is 0 Å². The summed E-state index contributed by atoms with van der Waals surface area (Å²) in [6.07, 6.45) is 0. The van der Waals surface area contributed by atoms with Crippen LogP contribution in [0.15, 0.2) is 35.2 Å². The molecule has 0 fully saturated rings. The molecule has 0 unspecified atom stereocenters. The smallest absolute Gasteiger partial charge is 0.00399 e. The average molecular weight is 171 g/mol. The van der Waals surface area contributed by atoms with Gasteiger partial charge >= 0.3 is 0 Å². The Morgan fingerprint density at radius 1 is 1.00 bits per heavy atom. The lowest BCUT2D eigenvalue weighted by Crippen LogP contribution is -1.69. The largest absolute Gasteiger partial charge is 0.333 e. The van der Waals surface area contributed by atoms with Crippen LogP contribution in [-0.2, 0) is 0 Å². The third-order valence-electron chi connectivity index (χ3n) is 0.756. The molecule has 0 heterocycles. The quantitative estimate of drug-likeness (QED) is 0.576. The van der Waals surface area contributed by atoms with E-state index in [1.165, 1.54) is 7.05 Å². The summed E-state index contributed by atoms with van der Waals surface area (Å²) in [5.41, 5.74) is 4.50. The predicted molar refractivity (Wildman–Crippen MR) is 55.2 cm³/mol. The standard InChI is InChI=1S/C6H6S.C2H6.CH5N/c7-6-4-2-1-3-5-6;2*1-2/h1-5,7H;1-2H3;2H2,1H3. The fourth-order valence-electron chi connectivity index (χ4n) is 0.428. The number of thiol groups is 1. The monoisotopic (exact) mass is 171 g/mol. The third kappa shape index (κ3) is 9.53. The highest BCUT2D eigenvalue weighted by atomic mass is 32.1. The fraction of sp³-hybridized carbons (Fsp3) is 0.333. The Morgan fingerprint density at radius 2 is 1.36 bits per heavy atom. The Hall–Kier alpha value is -0.470. The molecule has 1 rings (SSSR count). The summed E-state index contributed by atoms with van der Waals surface area (Å²) in [4.78, 5) is 1.02. The molecule has 2 heteroatoms. The molecular formula is C9H17NS. The topological polar surface area (TPSA) is 26.0 Å². The molecular weight excluding hydrogens is 154 g/mol. The number of nitrogens with two attached hydrogens (primary N) is 1. The number of rotatable bonds is 0. The molecule has 0 saturated heterocycles. The van der Waals surface area contributed by atoms with E-state index in [0.717, 1.165) is 4.90 Å². The van der Waals surface area contributed by atoms with Gasteiger partial charge in [0.1, 0.15) is 0 Å². The Morgan fingerprint density at radius 3 is 1.55 bits per heavy atom. The Balaban J connectivity index is 0. The van der Waals surface area contributed by atoms with Gasteiger partial charge in [-0.3, -0.25) is 0 Å². The van der Waals surface area contributed by atoms with Crippen LogP contribution in [0.3, 0.4) is 0 Å². The second kappa shape index (κ2) is 12.2. The van der Waals surface area contributed by atoms with E-state index in [2.05, 4.69) is 18.4 Å². The van der Waals surface area contributed by atoms with Crippen molar-refractivity contribution in [3.63, 3.8) is 0 Å². The second-order valence-electron chi connectivity index (χ2n) is 1.34. The third-order valence-corrected chi connectivity index (χ3v) is 1.05. The lowest BCUT2D eigenvalue weighted by molar-refractivity contribution is 1.48. The Bertz CT molecular complexity index is 139. The van der Waals surface area contributed by atoms with Crippen molar-refractivity contribution in [2.75, 3.05) is 7.05 Å². The molecule has 0 aliphatic carbocycles. The zero-order chi connectivity index (χ0) is 9.11. The van der Waals surface area contributed by atoms with Crippen LogP contribution in [0.25, 0.3) is 0 Å². The molecule has 1 aromatic carbocycles. The summed E-state index contributed by atoms with van der Waals surface area (Å²) in [6, 6.07) is 9.79. The molecule has 64 valence electrons. The highest BCUT2D eigenvalue weighted by molar-refractivity contribution is 7.80. The van der Waals surface area contributed by atoms with Gasteiger partial charge in [0.2, 0.25) is 0 Å². The molecule has 0 aromatic heterocycles. The van der Waals surface area contributed by atoms with Gasteiger partial charge in [-0.15, -0.1) is 12.6 Å². The van der Waals surface area contributed by atoms with Crippen LogP contribution in [0.2, 0.25) is 0 Å². The molecule has 1 aromatic rings. The van der Waals surface area contributed by atoms with Crippen LogP contribution >= 0.6 is 12.6 Å². The molecule has 0 atom stereocenters. The Kier molecular flexibility index (Phi) is 14.6. The van der Waals surface area contributed by atoms with E-state index in [0.29, 0.717) is 0 Å². The zero-order valence-corrected chi connectivity index (χ0v) is 8.31. The minimum atomic E-state index is 1.02. The summed E-state index contributed by atoms with van der Waals surface area (Å²) in [5.74, 6) is 0. The van der Waals surface area contributed by atoms with E-state index in [9.17, 15) is 0 Å². The maximum atomic E-state index is 4.50. The van der Waals surface area contributed by atoms with E-state index in [1.807, 2.05) is 44.2 Å². The predicted octanol–water partition coefficient (Wildman–Crippen LogP) is 2.58. The van der Waals surface area contributed by atoms with Crippen molar-refractivity contribution >= 4 is 12.6 Å². The first-order chi connectivity index (χ1) is 5.39. The van der Waals surface area contributed by atoms with Gasteiger partial charge in [0, 0.05) is 4.90 Å². The molecule has 2 N–H and O–H groups in total. The summed E-state index contributed by atoms with van der Waals surface area (Å²) >= 11 is 4.08. The van der Waals surface area contributed by atoms with Crippen molar-refractivity contribution in [2.45, 2.75) is 18.7 Å². The van der Waals surface area contributed by atoms with Gasteiger partial charge < -0.3 is 5.73 Å². The second-order valence-corrected chi connectivity index (χ2v) is 1.85. The molecule has 1 nitrogen and oxygen atoms in total. The number of hydrogen-bond acceptors (Lipinski definition) is 2. The Labute approximate surface area is 75.0 Å². The van der Waals surface area contributed by atoms with Crippen LogP contribution < -0.4 is 5.73 Å². The van der Waals surface area contributed by atoms with Crippen LogP contribution in [-0.4, -0.2) is 7.05 Å². The number of benzene rings is 1. The van der Waals surface area contributed by atoms with E-state index >= 15 is 0 Å². The minimum Gasteiger partial charge on any atom is -0.333 e. The van der Waals surface area contributed by atoms with Crippen molar-refractivity contribution in [1.82, 2.24) is 0 Å². The van der Waals surface area contributed by atoms with Gasteiger partial charge in [0.05, 0.1) is 0 Å². The maximum absolute atomic E-state index is 4.50. The molecule has 0 bridgehead atoms. The van der Waals surface area contributed by atoms with Crippen molar-refractivity contribution in [3.05, 3.63) is 30.3 Å². The van der Waals surface area contributed by atoms with E-state index in [4.69, 9.17) is 0 Å². The van der Waals surface area contributed by atoms with Crippen molar-refractivity contribution in [1.29, 1.82) is 0 Å². The van der Waals surface area contributed by atoms with Crippen LogP contribution in [0.4, 0.5) is 0 Å². The summed E-state index contributed by atoms with van der Waals surface area (Å²) < 4.78 is 0. The van der Waals surface area contributed by atoms with Crippen molar-refractivity contribution in [2.24, 2.45) is 5.73 Å². The zero-order valence-electron chi connectivity index (χ0n) is 7.41. The summed E-state index contributed by atoms with van der Waals surface area (Å²) in [5, 5.41) is 0.